The molecule has 0 saturated carbocycles. The van der Waals surface area contributed by atoms with Gasteiger partial charge in [0.15, 0.2) is 0 Å². The molecular formula is C16H17F4NS. The Labute approximate surface area is 131 Å². The van der Waals surface area contributed by atoms with Gasteiger partial charge in [-0.1, -0.05) is 19.9 Å². The molecule has 6 heteroatoms. The summed E-state index contributed by atoms with van der Waals surface area (Å²) < 4.78 is 51.8. The lowest BCUT2D eigenvalue weighted by atomic mass is 10.1. The summed E-state index contributed by atoms with van der Waals surface area (Å²) in [5, 5.41) is 0.249. The molecule has 0 saturated heterocycles. The minimum Gasteiger partial charge on any atom is -0.236 e. The van der Waals surface area contributed by atoms with Gasteiger partial charge in [-0.15, -0.1) is 11.3 Å². The molecule has 22 heavy (non-hydrogen) atoms. The van der Waals surface area contributed by atoms with Crippen molar-refractivity contribution in [3.8, 4) is 10.6 Å². The molecule has 120 valence electrons. The number of allylic oxidation sites excluding steroid dienone is 1. The standard InChI is InChI=1S/C14H11F4NS.C2H6/c1-3-4-12-8(2)20-13(19-12)10-7-9(14(16,17)18)5-6-11(10)15;1-2/h3-7H,1-2H3;1-2H3/b4-3-;. The average Bonchev–Trinajstić information content (AvgIpc) is 2.82. The van der Waals surface area contributed by atoms with Crippen LogP contribution in [0.3, 0.4) is 0 Å². The number of aromatic nitrogens is 1. The van der Waals surface area contributed by atoms with Crippen molar-refractivity contribution < 1.29 is 17.6 Å². The Kier molecular flexibility index (Phi) is 6.29. The summed E-state index contributed by atoms with van der Waals surface area (Å²) in [6, 6.07) is 2.35. The highest BCUT2D eigenvalue weighted by Crippen LogP contribution is 2.35. The van der Waals surface area contributed by atoms with Crippen molar-refractivity contribution in [3.05, 3.63) is 46.2 Å². The van der Waals surface area contributed by atoms with Crippen LogP contribution >= 0.6 is 11.3 Å². The van der Waals surface area contributed by atoms with Crippen LogP contribution in [0.15, 0.2) is 24.3 Å². The number of aryl methyl sites for hydroxylation is 1. The molecule has 0 amide bonds. The van der Waals surface area contributed by atoms with E-state index < -0.39 is 17.6 Å². The summed E-state index contributed by atoms with van der Waals surface area (Å²) >= 11 is 1.17. The maximum Gasteiger partial charge on any atom is 0.416 e. The van der Waals surface area contributed by atoms with Gasteiger partial charge in [-0.2, -0.15) is 13.2 Å². The van der Waals surface area contributed by atoms with E-state index in [-0.39, 0.29) is 10.6 Å². The third-order valence-electron chi connectivity index (χ3n) is 2.68. The predicted octanol–water partition coefficient (Wildman–Crippen LogP) is 6.34. The summed E-state index contributed by atoms with van der Waals surface area (Å²) in [7, 11) is 0. The first-order valence-electron chi connectivity index (χ1n) is 6.80. The van der Waals surface area contributed by atoms with E-state index in [1.54, 1.807) is 19.1 Å². The SMILES string of the molecule is C/C=C\c1nc(-c2cc(C(F)(F)F)ccc2F)sc1C.CC. The molecule has 0 unspecified atom stereocenters. The zero-order valence-corrected chi connectivity index (χ0v) is 13.6. The fourth-order valence-corrected chi connectivity index (χ4v) is 2.62. The molecular weight excluding hydrogens is 314 g/mol. The van der Waals surface area contributed by atoms with Crippen LogP contribution in [-0.4, -0.2) is 4.98 Å². The fourth-order valence-electron chi connectivity index (χ4n) is 1.70. The molecule has 0 aliphatic rings. The van der Waals surface area contributed by atoms with Gasteiger partial charge in [-0.25, -0.2) is 9.37 Å². The van der Waals surface area contributed by atoms with Gasteiger partial charge >= 0.3 is 6.18 Å². The van der Waals surface area contributed by atoms with Gasteiger partial charge in [-0.05, 0) is 38.1 Å². The number of hydrogen-bond acceptors (Lipinski definition) is 2. The molecule has 1 aromatic carbocycles. The van der Waals surface area contributed by atoms with Crippen LogP contribution in [-0.2, 0) is 6.18 Å². The van der Waals surface area contributed by atoms with E-state index >= 15 is 0 Å². The second-order valence-corrected chi connectivity index (χ2v) is 5.36. The molecule has 0 fully saturated rings. The first kappa shape index (κ1) is 18.4. The Morgan fingerprint density at radius 2 is 1.82 bits per heavy atom. The van der Waals surface area contributed by atoms with E-state index in [9.17, 15) is 17.6 Å². The van der Waals surface area contributed by atoms with Gasteiger partial charge in [-0.3, -0.25) is 0 Å². The molecule has 1 aromatic heterocycles. The Hall–Kier alpha value is -1.69. The summed E-state index contributed by atoms with van der Waals surface area (Å²) in [4.78, 5) is 5.01. The van der Waals surface area contributed by atoms with Gasteiger partial charge in [0.25, 0.3) is 0 Å². The van der Waals surface area contributed by atoms with Crippen molar-refractivity contribution >= 4 is 17.4 Å². The Balaban J connectivity index is 0.00000116. The van der Waals surface area contributed by atoms with E-state index in [0.29, 0.717) is 5.69 Å². The Morgan fingerprint density at radius 1 is 1.18 bits per heavy atom. The molecule has 1 heterocycles. The van der Waals surface area contributed by atoms with Crippen LogP contribution in [0.4, 0.5) is 17.6 Å². The number of benzene rings is 1. The highest BCUT2D eigenvalue weighted by atomic mass is 32.1. The lowest BCUT2D eigenvalue weighted by molar-refractivity contribution is -0.137. The number of hydrogen-bond donors (Lipinski definition) is 0. The zero-order valence-electron chi connectivity index (χ0n) is 12.8. The van der Waals surface area contributed by atoms with Crippen LogP contribution in [0, 0.1) is 12.7 Å². The third kappa shape index (κ3) is 4.16. The number of nitrogens with zero attached hydrogens (tertiary/aromatic N) is 1. The van der Waals surface area contributed by atoms with Crippen molar-refractivity contribution in [2.24, 2.45) is 0 Å². The molecule has 0 aliphatic heterocycles. The number of halogens is 4. The Bertz CT molecular complexity index is 657. The molecule has 0 bridgehead atoms. The van der Waals surface area contributed by atoms with Crippen molar-refractivity contribution in [2.45, 2.75) is 33.9 Å². The second-order valence-electron chi connectivity index (χ2n) is 4.15. The fraction of sp³-hybridized carbons (Fsp3) is 0.312. The summed E-state index contributed by atoms with van der Waals surface area (Å²) in [6.07, 6.45) is -0.990. The first-order chi connectivity index (χ1) is 10.3. The average molecular weight is 331 g/mol. The minimum atomic E-state index is -4.50. The number of alkyl halides is 3. The highest BCUT2D eigenvalue weighted by Gasteiger charge is 2.31. The molecule has 2 rings (SSSR count). The molecule has 0 spiro atoms. The summed E-state index contributed by atoms with van der Waals surface area (Å²) in [5.74, 6) is -0.709. The van der Waals surface area contributed by atoms with Gasteiger partial charge in [0.2, 0.25) is 0 Å². The van der Waals surface area contributed by atoms with Crippen molar-refractivity contribution in [2.75, 3.05) is 0 Å². The van der Waals surface area contributed by atoms with E-state index in [4.69, 9.17) is 0 Å². The summed E-state index contributed by atoms with van der Waals surface area (Å²) in [6.45, 7) is 7.60. The van der Waals surface area contributed by atoms with Gasteiger partial charge in [0, 0.05) is 10.4 Å². The van der Waals surface area contributed by atoms with Gasteiger partial charge in [0.05, 0.1) is 11.3 Å². The molecule has 0 atom stereocenters. The van der Waals surface area contributed by atoms with Crippen molar-refractivity contribution in [3.63, 3.8) is 0 Å². The molecule has 0 radical (unpaired) electrons. The van der Waals surface area contributed by atoms with Crippen molar-refractivity contribution in [1.82, 2.24) is 4.98 Å². The first-order valence-corrected chi connectivity index (χ1v) is 7.62. The lowest BCUT2D eigenvalue weighted by Crippen LogP contribution is -2.05. The van der Waals surface area contributed by atoms with E-state index in [2.05, 4.69) is 4.98 Å². The maximum absolute atomic E-state index is 13.8. The largest absolute Gasteiger partial charge is 0.416 e. The van der Waals surface area contributed by atoms with Crippen LogP contribution < -0.4 is 0 Å². The van der Waals surface area contributed by atoms with Gasteiger partial charge < -0.3 is 0 Å². The summed E-state index contributed by atoms with van der Waals surface area (Å²) in [5.41, 5.74) is -0.359. The minimum absolute atomic E-state index is 0.122. The van der Waals surface area contributed by atoms with Crippen molar-refractivity contribution in [1.29, 1.82) is 0 Å². The smallest absolute Gasteiger partial charge is 0.236 e. The molecule has 2 aromatic rings. The number of rotatable bonds is 2. The monoisotopic (exact) mass is 331 g/mol. The molecule has 1 nitrogen and oxygen atoms in total. The van der Waals surface area contributed by atoms with Crippen LogP contribution in [0.2, 0.25) is 0 Å². The highest BCUT2D eigenvalue weighted by molar-refractivity contribution is 7.15. The normalized spacial score (nSPS) is 11.5. The van der Waals surface area contributed by atoms with Crippen LogP contribution in [0.1, 0.15) is 36.9 Å². The quantitative estimate of drug-likeness (QED) is 0.585. The van der Waals surface area contributed by atoms with Crippen LogP contribution in [0.5, 0.6) is 0 Å². The lowest BCUT2D eigenvalue weighted by Gasteiger charge is -2.08. The second kappa shape index (κ2) is 7.54. The van der Waals surface area contributed by atoms with Crippen LogP contribution in [0.25, 0.3) is 16.6 Å². The van der Waals surface area contributed by atoms with Gasteiger partial charge in [0.1, 0.15) is 10.8 Å². The Morgan fingerprint density at radius 3 is 2.36 bits per heavy atom. The maximum atomic E-state index is 13.8. The molecule has 0 aliphatic carbocycles. The van der Waals surface area contributed by atoms with E-state index in [1.165, 1.54) is 11.3 Å². The zero-order chi connectivity index (χ0) is 16.9. The van der Waals surface area contributed by atoms with E-state index in [0.717, 1.165) is 23.1 Å². The number of thiazole rings is 1. The molecule has 0 N–H and O–H groups in total. The predicted molar refractivity (Wildman–Crippen MR) is 83.3 cm³/mol. The topological polar surface area (TPSA) is 12.9 Å². The van der Waals surface area contributed by atoms with E-state index in [1.807, 2.05) is 20.8 Å². The third-order valence-corrected chi connectivity index (χ3v) is 3.70.